The average molecular weight is 165 g/mol. The first-order valence-corrected chi connectivity index (χ1v) is 4.63. The Labute approximate surface area is 74.4 Å². The number of H-pyrrole nitrogens is 1. The molecule has 1 aromatic rings. The molecule has 0 fully saturated rings. The van der Waals surface area contributed by atoms with Crippen LogP contribution in [0, 0.1) is 13.8 Å². The van der Waals surface area contributed by atoms with Gasteiger partial charge in [-0.2, -0.15) is 5.10 Å². The van der Waals surface area contributed by atoms with Crippen LogP contribution >= 0.6 is 0 Å². The summed E-state index contributed by atoms with van der Waals surface area (Å²) in [5, 5.41) is 7.05. The van der Waals surface area contributed by atoms with Gasteiger partial charge in [0, 0.05) is 6.20 Å². The van der Waals surface area contributed by atoms with Crippen molar-refractivity contribution in [2.24, 2.45) is 0 Å². The summed E-state index contributed by atoms with van der Waals surface area (Å²) in [4.78, 5) is 0. The number of nitrogens with zero attached hydrogens (tertiary/aromatic N) is 1. The third-order valence-corrected chi connectivity index (χ3v) is 2.10. The zero-order valence-corrected chi connectivity index (χ0v) is 7.77. The second-order valence-corrected chi connectivity index (χ2v) is 3.18. The fraction of sp³-hybridized carbons (Fsp3) is 0.600. The summed E-state index contributed by atoms with van der Waals surface area (Å²) in [6.07, 6.45) is 7.87. The minimum absolute atomic E-state index is 1.06. The third kappa shape index (κ3) is 2.68. The van der Waals surface area contributed by atoms with Crippen LogP contribution in [-0.2, 0) is 6.42 Å². The van der Waals surface area contributed by atoms with E-state index in [-0.39, 0.29) is 0 Å². The molecule has 0 aliphatic heterocycles. The van der Waals surface area contributed by atoms with E-state index in [9.17, 15) is 0 Å². The fourth-order valence-corrected chi connectivity index (χ4v) is 1.28. The Balaban J connectivity index is 2.20. The maximum atomic E-state index is 4.17. The summed E-state index contributed by atoms with van der Waals surface area (Å²) < 4.78 is 0. The molecule has 2 nitrogen and oxygen atoms in total. The number of hydrogen-bond donors (Lipinski definition) is 1. The van der Waals surface area contributed by atoms with Gasteiger partial charge in [0.2, 0.25) is 0 Å². The number of unbranched alkanes of at least 4 members (excludes halogenated alkanes) is 3. The summed E-state index contributed by atoms with van der Waals surface area (Å²) in [5.74, 6) is 0. The van der Waals surface area contributed by atoms with Gasteiger partial charge in [-0.15, -0.1) is 0 Å². The molecular formula is C10H17N2. The molecule has 0 atom stereocenters. The minimum atomic E-state index is 1.06. The quantitative estimate of drug-likeness (QED) is 0.667. The first-order valence-electron chi connectivity index (χ1n) is 4.63. The van der Waals surface area contributed by atoms with Gasteiger partial charge in [0.25, 0.3) is 0 Å². The number of rotatable bonds is 5. The molecular weight excluding hydrogens is 148 g/mol. The molecule has 12 heavy (non-hydrogen) atoms. The highest BCUT2D eigenvalue weighted by Gasteiger charge is 1.99. The zero-order valence-electron chi connectivity index (χ0n) is 7.77. The molecule has 1 radical (unpaired) electrons. The first-order chi connectivity index (χ1) is 5.84. The van der Waals surface area contributed by atoms with E-state index in [0.29, 0.717) is 0 Å². The zero-order chi connectivity index (χ0) is 8.81. The van der Waals surface area contributed by atoms with E-state index < -0.39 is 0 Å². The molecule has 0 aliphatic rings. The van der Waals surface area contributed by atoms with E-state index in [2.05, 4.69) is 24.0 Å². The van der Waals surface area contributed by atoms with Gasteiger partial charge in [0.1, 0.15) is 0 Å². The Kier molecular flexibility index (Phi) is 3.85. The SMILES string of the molecule is [CH2]CCCCCc1n[nH]cc1C. The van der Waals surface area contributed by atoms with Crippen molar-refractivity contribution in [1.29, 1.82) is 0 Å². The third-order valence-electron chi connectivity index (χ3n) is 2.10. The Morgan fingerprint density at radius 3 is 2.83 bits per heavy atom. The molecule has 0 saturated carbocycles. The largest absolute Gasteiger partial charge is 0.285 e. The predicted octanol–water partition coefficient (Wildman–Crippen LogP) is 2.66. The van der Waals surface area contributed by atoms with Crippen molar-refractivity contribution in [3.8, 4) is 0 Å². The van der Waals surface area contributed by atoms with Crippen molar-refractivity contribution in [3.05, 3.63) is 24.4 Å². The molecule has 0 aromatic carbocycles. The van der Waals surface area contributed by atoms with Gasteiger partial charge in [-0.3, -0.25) is 5.10 Å². The van der Waals surface area contributed by atoms with Gasteiger partial charge >= 0.3 is 0 Å². The molecule has 67 valence electrons. The smallest absolute Gasteiger partial charge is 0.0651 e. The van der Waals surface area contributed by atoms with Crippen LogP contribution in [0.2, 0.25) is 0 Å². The summed E-state index contributed by atoms with van der Waals surface area (Å²) in [7, 11) is 0. The Morgan fingerprint density at radius 1 is 1.42 bits per heavy atom. The second-order valence-electron chi connectivity index (χ2n) is 3.18. The summed E-state index contributed by atoms with van der Waals surface area (Å²) >= 11 is 0. The minimum Gasteiger partial charge on any atom is -0.285 e. The number of nitrogens with one attached hydrogen (secondary N) is 1. The van der Waals surface area contributed by atoms with Crippen molar-refractivity contribution in [1.82, 2.24) is 10.2 Å². The molecule has 0 aliphatic carbocycles. The molecule has 1 rings (SSSR count). The van der Waals surface area contributed by atoms with Crippen LogP contribution in [-0.4, -0.2) is 10.2 Å². The van der Waals surface area contributed by atoms with Gasteiger partial charge in [-0.1, -0.05) is 26.2 Å². The van der Waals surface area contributed by atoms with Crippen LogP contribution in [0.1, 0.15) is 36.9 Å². The molecule has 1 N–H and O–H groups in total. The standard InChI is InChI=1S/C10H17N2/c1-3-4-5-6-7-10-9(2)8-11-12-10/h8H,1,3-7H2,2H3,(H,11,12). The van der Waals surface area contributed by atoms with Crippen LogP contribution in [0.4, 0.5) is 0 Å². The lowest BCUT2D eigenvalue weighted by molar-refractivity contribution is 0.675. The highest BCUT2D eigenvalue weighted by molar-refractivity contribution is 5.13. The van der Waals surface area contributed by atoms with Crippen LogP contribution in [0.25, 0.3) is 0 Å². The monoisotopic (exact) mass is 165 g/mol. The van der Waals surface area contributed by atoms with E-state index in [4.69, 9.17) is 0 Å². The van der Waals surface area contributed by atoms with Crippen molar-refractivity contribution in [2.45, 2.75) is 39.0 Å². The number of aromatic amines is 1. The van der Waals surface area contributed by atoms with E-state index in [0.717, 1.165) is 12.8 Å². The molecule has 0 unspecified atom stereocenters. The van der Waals surface area contributed by atoms with E-state index in [1.807, 2.05) is 6.20 Å². The van der Waals surface area contributed by atoms with E-state index in [1.165, 1.54) is 30.5 Å². The van der Waals surface area contributed by atoms with Crippen molar-refractivity contribution in [2.75, 3.05) is 0 Å². The second kappa shape index (κ2) is 4.96. The molecule has 1 heterocycles. The number of aryl methyl sites for hydroxylation is 2. The molecule has 1 aromatic heterocycles. The van der Waals surface area contributed by atoms with Gasteiger partial charge in [-0.25, -0.2) is 0 Å². The topological polar surface area (TPSA) is 28.7 Å². The van der Waals surface area contributed by atoms with Crippen LogP contribution in [0.3, 0.4) is 0 Å². The summed E-state index contributed by atoms with van der Waals surface area (Å²) in [6, 6.07) is 0. The Bertz CT molecular complexity index is 215. The van der Waals surface area contributed by atoms with E-state index in [1.54, 1.807) is 0 Å². The van der Waals surface area contributed by atoms with Crippen LogP contribution in [0.15, 0.2) is 6.20 Å². The summed E-state index contributed by atoms with van der Waals surface area (Å²) in [6.45, 7) is 5.91. The highest BCUT2D eigenvalue weighted by Crippen LogP contribution is 2.08. The number of aromatic nitrogens is 2. The molecule has 0 saturated heterocycles. The number of hydrogen-bond acceptors (Lipinski definition) is 1. The lowest BCUT2D eigenvalue weighted by Gasteiger charge is -1.97. The fourth-order valence-electron chi connectivity index (χ4n) is 1.28. The van der Waals surface area contributed by atoms with Crippen LogP contribution < -0.4 is 0 Å². The Morgan fingerprint density at radius 2 is 2.25 bits per heavy atom. The highest BCUT2D eigenvalue weighted by atomic mass is 15.1. The normalized spacial score (nSPS) is 10.5. The summed E-state index contributed by atoms with van der Waals surface area (Å²) in [5.41, 5.74) is 2.50. The average Bonchev–Trinajstić information content (AvgIpc) is 2.46. The molecule has 0 bridgehead atoms. The maximum Gasteiger partial charge on any atom is 0.0651 e. The predicted molar refractivity (Wildman–Crippen MR) is 50.9 cm³/mol. The lowest BCUT2D eigenvalue weighted by atomic mass is 10.1. The van der Waals surface area contributed by atoms with Gasteiger partial charge < -0.3 is 0 Å². The van der Waals surface area contributed by atoms with E-state index >= 15 is 0 Å². The first kappa shape index (κ1) is 9.30. The van der Waals surface area contributed by atoms with Crippen LogP contribution in [0.5, 0.6) is 0 Å². The Hall–Kier alpha value is -0.790. The molecule has 0 amide bonds. The molecule has 0 spiro atoms. The van der Waals surface area contributed by atoms with Crippen molar-refractivity contribution in [3.63, 3.8) is 0 Å². The van der Waals surface area contributed by atoms with Crippen molar-refractivity contribution >= 4 is 0 Å². The van der Waals surface area contributed by atoms with Gasteiger partial charge in [0.05, 0.1) is 5.69 Å². The van der Waals surface area contributed by atoms with Crippen molar-refractivity contribution < 1.29 is 0 Å². The molecule has 2 heteroatoms. The maximum absolute atomic E-state index is 4.17. The van der Waals surface area contributed by atoms with Gasteiger partial charge in [0.15, 0.2) is 0 Å². The van der Waals surface area contributed by atoms with Gasteiger partial charge in [-0.05, 0) is 25.3 Å². The lowest BCUT2D eigenvalue weighted by Crippen LogP contribution is -1.88.